The van der Waals surface area contributed by atoms with E-state index in [0.29, 0.717) is 10.8 Å². The van der Waals surface area contributed by atoms with E-state index in [2.05, 4.69) is 5.32 Å². The smallest absolute Gasteiger partial charge is 0.281 e. The van der Waals surface area contributed by atoms with Crippen LogP contribution in [0.1, 0.15) is 5.56 Å². The molecule has 1 fully saturated rings. The number of hydrogen-bond donors (Lipinski definition) is 1. The summed E-state index contributed by atoms with van der Waals surface area (Å²) in [6.07, 6.45) is 1.80. The number of rotatable bonds is 2. The molecule has 0 atom stereocenters. The first-order valence-corrected chi connectivity index (χ1v) is 6.64. The highest BCUT2D eigenvalue weighted by Crippen LogP contribution is 2.21. The van der Waals surface area contributed by atoms with Gasteiger partial charge in [0.05, 0.1) is 5.69 Å². The Morgan fingerprint density at radius 1 is 0.950 bits per heavy atom. The Kier molecular flexibility index (Phi) is 3.31. The van der Waals surface area contributed by atoms with Gasteiger partial charge in [-0.15, -0.1) is 0 Å². The third kappa shape index (κ3) is 2.33. The number of amides is 1. The molecule has 3 rings (SSSR count). The van der Waals surface area contributed by atoms with Gasteiger partial charge < -0.3 is 5.32 Å². The molecule has 0 saturated carbocycles. The Morgan fingerprint density at radius 3 is 2.20 bits per heavy atom. The van der Waals surface area contributed by atoms with E-state index in [-0.39, 0.29) is 5.91 Å². The van der Waals surface area contributed by atoms with Crippen LogP contribution in [0.4, 0.5) is 5.69 Å². The maximum atomic E-state index is 12.4. The largest absolute Gasteiger partial charge is 0.327 e. The second kappa shape index (κ2) is 5.27. The normalized spacial score (nSPS) is 16.6. The van der Waals surface area contributed by atoms with Crippen molar-refractivity contribution in [3.05, 3.63) is 71.9 Å². The minimum atomic E-state index is -0.134. The first-order chi connectivity index (χ1) is 9.75. The summed E-state index contributed by atoms with van der Waals surface area (Å²) in [4.78, 5) is 13.9. The van der Waals surface area contributed by atoms with Gasteiger partial charge in [0.25, 0.3) is 5.91 Å². The van der Waals surface area contributed by atoms with Crippen LogP contribution in [0.5, 0.6) is 0 Å². The van der Waals surface area contributed by atoms with Crippen molar-refractivity contribution in [2.75, 3.05) is 4.90 Å². The molecule has 1 aliphatic heterocycles. The Bertz CT molecular complexity index is 680. The second-order valence-electron chi connectivity index (χ2n) is 4.37. The molecular weight excluding hydrogens is 268 g/mol. The van der Waals surface area contributed by atoms with Gasteiger partial charge >= 0.3 is 0 Å². The van der Waals surface area contributed by atoms with Crippen molar-refractivity contribution in [1.82, 2.24) is 5.32 Å². The fourth-order valence-corrected chi connectivity index (χ4v) is 2.36. The molecule has 1 aliphatic rings. The van der Waals surface area contributed by atoms with Gasteiger partial charge in [-0.2, -0.15) is 0 Å². The summed E-state index contributed by atoms with van der Waals surface area (Å²) in [5.74, 6) is -0.134. The minimum Gasteiger partial charge on any atom is -0.327 e. The van der Waals surface area contributed by atoms with Crippen LogP contribution in [-0.2, 0) is 4.79 Å². The van der Waals surface area contributed by atoms with Gasteiger partial charge in [-0.3, -0.25) is 9.69 Å². The molecule has 2 aromatic rings. The van der Waals surface area contributed by atoms with Crippen LogP contribution in [0.25, 0.3) is 6.08 Å². The van der Waals surface area contributed by atoms with E-state index in [0.717, 1.165) is 11.3 Å². The molecule has 2 aromatic carbocycles. The lowest BCUT2D eigenvalue weighted by Gasteiger charge is -2.13. The number of carbonyl (C=O) groups is 1. The SMILES string of the molecule is O=C1/C(=C\c2ccccc2)NC(=S)N1c1ccccc1. The summed E-state index contributed by atoms with van der Waals surface area (Å²) in [6, 6.07) is 19.1. The molecule has 4 heteroatoms. The summed E-state index contributed by atoms with van der Waals surface area (Å²) < 4.78 is 0. The predicted molar refractivity (Wildman–Crippen MR) is 84.1 cm³/mol. The summed E-state index contributed by atoms with van der Waals surface area (Å²) in [5, 5.41) is 3.38. The van der Waals surface area contributed by atoms with Gasteiger partial charge in [0.15, 0.2) is 5.11 Å². The zero-order valence-electron chi connectivity index (χ0n) is 10.6. The van der Waals surface area contributed by atoms with Crippen LogP contribution < -0.4 is 10.2 Å². The summed E-state index contributed by atoms with van der Waals surface area (Å²) in [6.45, 7) is 0. The summed E-state index contributed by atoms with van der Waals surface area (Å²) in [7, 11) is 0. The zero-order chi connectivity index (χ0) is 13.9. The first kappa shape index (κ1) is 12.6. The number of carbonyl (C=O) groups excluding carboxylic acids is 1. The number of benzene rings is 2. The average Bonchev–Trinajstić information content (AvgIpc) is 2.75. The van der Waals surface area contributed by atoms with Gasteiger partial charge in [0.1, 0.15) is 5.70 Å². The molecule has 0 radical (unpaired) electrons. The molecule has 1 N–H and O–H groups in total. The summed E-state index contributed by atoms with van der Waals surface area (Å²) >= 11 is 5.25. The lowest BCUT2D eigenvalue weighted by atomic mass is 10.2. The predicted octanol–water partition coefficient (Wildman–Crippen LogP) is 2.95. The van der Waals surface area contributed by atoms with E-state index in [9.17, 15) is 4.79 Å². The maximum absolute atomic E-state index is 12.4. The zero-order valence-corrected chi connectivity index (χ0v) is 11.4. The fraction of sp³-hybridized carbons (Fsp3) is 0. The van der Waals surface area contributed by atoms with Crippen molar-refractivity contribution in [1.29, 1.82) is 0 Å². The summed E-state index contributed by atoms with van der Waals surface area (Å²) in [5.41, 5.74) is 2.22. The fourth-order valence-electron chi connectivity index (χ4n) is 2.06. The van der Waals surface area contributed by atoms with Crippen LogP contribution in [0, 0.1) is 0 Å². The number of nitrogens with zero attached hydrogens (tertiary/aromatic N) is 1. The molecule has 3 nitrogen and oxygen atoms in total. The Balaban J connectivity index is 1.93. The third-order valence-corrected chi connectivity index (χ3v) is 3.29. The van der Waals surface area contributed by atoms with Gasteiger partial charge in [-0.05, 0) is 36.0 Å². The van der Waals surface area contributed by atoms with E-state index < -0.39 is 0 Å². The number of anilines is 1. The molecule has 1 heterocycles. The molecule has 1 saturated heterocycles. The Hall–Kier alpha value is -2.46. The molecule has 0 aliphatic carbocycles. The van der Waals surface area contributed by atoms with E-state index in [1.807, 2.05) is 60.7 Å². The van der Waals surface area contributed by atoms with E-state index in [4.69, 9.17) is 12.2 Å². The number of thiocarbonyl (C=S) groups is 1. The van der Waals surface area contributed by atoms with Crippen LogP contribution in [-0.4, -0.2) is 11.0 Å². The highest BCUT2D eigenvalue weighted by molar-refractivity contribution is 7.80. The average molecular weight is 280 g/mol. The quantitative estimate of drug-likeness (QED) is 0.678. The topological polar surface area (TPSA) is 32.3 Å². The molecule has 1 amide bonds. The van der Waals surface area contributed by atoms with Gasteiger partial charge in [0, 0.05) is 0 Å². The van der Waals surface area contributed by atoms with Crippen LogP contribution in [0.2, 0.25) is 0 Å². The van der Waals surface area contributed by atoms with Gasteiger partial charge in [-0.25, -0.2) is 0 Å². The van der Waals surface area contributed by atoms with Crippen molar-refractivity contribution in [3.8, 4) is 0 Å². The van der Waals surface area contributed by atoms with E-state index in [1.165, 1.54) is 4.90 Å². The monoisotopic (exact) mass is 280 g/mol. The molecule has 98 valence electrons. The van der Waals surface area contributed by atoms with E-state index in [1.54, 1.807) is 6.08 Å². The van der Waals surface area contributed by atoms with Crippen molar-refractivity contribution < 1.29 is 4.79 Å². The second-order valence-corrected chi connectivity index (χ2v) is 4.76. The number of hydrogen-bond acceptors (Lipinski definition) is 2. The van der Waals surface area contributed by atoms with Crippen molar-refractivity contribution >= 4 is 35.0 Å². The maximum Gasteiger partial charge on any atom is 0.281 e. The minimum absolute atomic E-state index is 0.134. The van der Waals surface area contributed by atoms with Crippen LogP contribution >= 0.6 is 12.2 Å². The molecule has 0 bridgehead atoms. The lowest BCUT2D eigenvalue weighted by Crippen LogP contribution is -2.30. The molecule has 0 spiro atoms. The van der Waals surface area contributed by atoms with Crippen LogP contribution in [0.3, 0.4) is 0 Å². The third-order valence-electron chi connectivity index (χ3n) is 3.00. The van der Waals surface area contributed by atoms with Gasteiger partial charge in [-0.1, -0.05) is 48.5 Å². The highest BCUT2D eigenvalue weighted by Gasteiger charge is 2.31. The van der Waals surface area contributed by atoms with Crippen LogP contribution in [0.15, 0.2) is 66.4 Å². The lowest BCUT2D eigenvalue weighted by molar-refractivity contribution is -0.113. The number of para-hydroxylation sites is 1. The Morgan fingerprint density at radius 2 is 1.55 bits per heavy atom. The highest BCUT2D eigenvalue weighted by atomic mass is 32.1. The van der Waals surface area contributed by atoms with Crippen molar-refractivity contribution in [3.63, 3.8) is 0 Å². The molecular formula is C16H12N2OS. The Labute approximate surface area is 122 Å². The first-order valence-electron chi connectivity index (χ1n) is 6.23. The molecule has 0 unspecified atom stereocenters. The standard InChI is InChI=1S/C16H12N2OS/c19-15-14(11-12-7-3-1-4-8-12)17-16(20)18(15)13-9-5-2-6-10-13/h1-11H,(H,17,20)/b14-11+. The molecule has 0 aromatic heterocycles. The van der Waals surface area contributed by atoms with E-state index >= 15 is 0 Å². The van der Waals surface area contributed by atoms with Crippen molar-refractivity contribution in [2.45, 2.75) is 0 Å². The molecule has 20 heavy (non-hydrogen) atoms. The van der Waals surface area contributed by atoms with Crippen molar-refractivity contribution in [2.24, 2.45) is 0 Å². The van der Waals surface area contributed by atoms with Gasteiger partial charge in [0.2, 0.25) is 0 Å². The number of nitrogens with one attached hydrogen (secondary N) is 1.